The number of hydrogen-bond donors (Lipinski definition) is 1. The van der Waals surface area contributed by atoms with Crippen molar-refractivity contribution in [2.45, 2.75) is 72.2 Å². The van der Waals surface area contributed by atoms with E-state index in [1.54, 1.807) is 0 Å². The lowest BCUT2D eigenvalue weighted by atomic mass is 10.2. The van der Waals surface area contributed by atoms with Crippen molar-refractivity contribution in [3.63, 3.8) is 0 Å². The molecule has 0 heterocycles. The lowest BCUT2D eigenvalue weighted by Gasteiger charge is -2.25. The van der Waals surface area contributed by atoms with Crippen LogP contribution in [-0.4, -0.2) is 60.3 Å². The highest BCUT2D eigenvalue weighted by Gasteiger charge is 2.20. The molecule has 1 N–H and O–H groups in total. The Hall–Kier alpha value is -2.61. The Morgan fingerprint density at radius 2 is 1.31 bits per heavy atom. The van der Waals surface area contributed by atoms with E-state index in [-0.39, 0.29) is 31.4 Å². The molecule has 0 unspecified atom stereocenters. The van der Waals surface area contributed by atoms with Gasteiger partial charge in [0.15, 0.2) is 0 Å². The number of rotatable bonds is 11. The van der Waals surface area contributed by atoms with E-state index in [0.29, 0.717) is 26.2 Å². The molecule has 0 atom stereocenters. The summed E-state index contributed by atoms with van der Waals surface area (Å²) in [5.74, 6) is -0.620. The third-order valence-corrected chi connectivity index (χ3v) is 4.01. The third kappa shape index (κ3) is 14.4. The van der Waals surface area contributed by atoms with E-state index in [9.17, 15) is 14.4 Å². The second kappa shape index (κ2) is 13.1. The minimum absolute atomic E-state index is 0.185. The van der Waals surface area contributed by atoms with Crippen molar-refractivity contribution in [1.82, 2.24) is 10.2 Å². The lowest BCUT2D eigenvalue weighted by molar-refractivity contribution is -0.155. The number of esters is 2. The van der Waals surface area contributed by atoms with Gasteiger partial charge in [-0.3, -0.25) is 9.59 Å². The maximum atomic E-state index is 12.1. The van der Waals surface area contributed by atoms with Gasteiger partial charge in [0.05, 0.1) is 12.8 Å². The third-order valence-electron chi connectivity index (χ3n) is 4.01. The number of benzene rings is 1. The zero-order valence-corrected chi connectivity index (χ0v) is 20.2. The molecule has 1 rings (SSSR count). The minimum atomic E-state index is -0.553. The summed E-state index contributed by atoms with van der Waals surface area (Å²) in [4.78, 5) is 38.0. The van der Waals surface area contributed by atoms with Gasteiger partial charge in [0.25, 0.3) is 0 Å². The summed E-state index contributed by atoms with van der Waals surface area (Å²) < 4.78 is 15.9. The maximum absolute atomic E-state index is 12.1. The van der Waals surface area contributed by atoms with E-state index in [0.717, 1.165) is 5.56 Å². The fraction of sp³-hybridized carbons (Fsp3) is 0.625. The molecule has 1 aromatic carbocycles. The molecule has 32 heavy (non-hydrogen) atoms. The van der Waals surface area contributed by atoms with E-state index in [4.69, 9.17) is 14.2 Å². The highest BCUT2D eigenvalue weighted by molar-refractivity contribution is 5.70. The van der Waals surface area contributed by atoms with Crippen LogP contribution in [0, 0.1) is 0 Å². The van der Waals surface area contributed by atoms with Gasteiger partial charge in [-0.25, -0.2) is 4.79 Å². The Bertz CT molecular complexity index is 690. The summed E-state index contributed by atoms with van der Waals surface area (Å²) in [5.41, 5.74) is -0.204. The van der Waals surface area contributed by atoms with Gasteiger partial charge in [-0.2, -0.15) is 0 Å². The molecule has 0 aromatic heterocycles. The molecule has 180 valence electrons. The van der Waals surface area contributed by atoms with Crippen LogP contribution in [0.3, 0.4) is 0 Å². The molecule has 8 heteroatoms. The zero-order chi connectivity index (χ0) is 24.2. The summed E-state index contributed by atoms with van der Waals surface area (Å²) >= 11 is 0. The molecular weight excluding hydrogens is 412 g/mol. The van der Waals surface area contributed by atoms with E-state index >= 15 is 0 Å². The molecule has 1 aromatic rings. The van der Waals surface area contributed by atoms with Crippen LogP contribution in [0.25, 0.3) is 0 Å². The topological polar surface area (TPSA) is 94.2 Å². The molecule has 8 nitrogen and oxygen atoms in total. The first kappa shape index (κ1) is 27.4. The summed E-state index contributed by atoms with van der Waals surface area (Å²) in [6.45, 7) is 12.7. The Morgan fingerprint density at radius 3 is 1.78 bits per heavy atom. The van der Waals surface area contributed by atoms with Gasteiger partial charge in [0, 0.05) is 26.2 Å². The Morgan fingerprint density at radius 1 is 0.812 bits per heavy atom. The summed E-state index contributed by atoms with van der Waals surface area (Å²) in [7, 11) is 0. The number of nitrogens with zero attached hydrogens (tertiary/aromatic N) is 1. The fourth-order valence-electron chi connectivity index (χ4n) is 2.71. The number of carbonyl (C=O) groups excluding carboxylic acids is 3. The van der Waals surface area contributed by atoms with Crippen molar-refractivity contribution in [1.29, 1.82) is 0 Å². The van der Waals surface area contributed by atoms with Gasteiger partial charge < -0.3 is 24.4 Å². The standard InChI is InChI=1S/C24H38N2O6/c1-23(2,3)31-20(27)12-15-26(16-13-21(28)32-24(4,5)6)17-14-25-22(29)30-18-19-10-8-7-9-11-19/h7-11H,12-18H2,1-6H3,(H,25,29). The minimum Gasteiger partial charge on any atom is -0.460 e. The van der Waals surface area contributed by atoms with Crippen molar-refractivity contribution in [3.05, 3.63) is 35.9 Å². The SMILES string of the molecule is CC(C)(C)OC(=O)CCN(CCNC(=O)OCc1ccccc1)CCC(=O)OC(C)(C)C. The first-order chi connectivity index (χ1) is 14.8. The molecule has 0 radical (unpaired) electrons. The van der Waals surface area contributed by atoms with Crippen LogP contribution in [0.2, 0.25) is 0 Å². The highest BCUT2D eigenvalue weighted by atomic mass is 16.6. The average molecular weight is 451 g/mol. The van der Waals surface area contributed by atoms with Crippen LogP contribution in [0.1, 0.15) is 59.9 Å². The van der Waals surface area contributed by atoms with Crippen molar-refractivity contribution in [2.24, 2.45) is 0 Å². The number of hydrogen-bond acceptors (Lipinski definition) is 7. The van der Waals surface area contributed by atoms with E-state index in [2.05, 4.69) is 5.32 Å². The Balaban J connectivity index is 2.48. The van der Waals surface area contributed by atoms with Crippen LogP contribution < -0.4 is 5.32 Å². The second-order valence-electron chi connectivity index (χ2n) is 9.50. The highest BCUT2D eigenvalue weighted by Crippen LogP contribution is 2.10. The zero-order valence-electron chi connectivity index (χ0n) is 20.2. The first-order valence-corrected chi connectivity index (χ1v) is 10.9. The van der Waals surface area contributed by atoms with Crippen molar-refractivity contribution in [2.75, 3.05) is 26.2 Å². The van der Waals surface area contributed by atoms with E-state index in [1.807, 2.05) is 76.8 Å². The Kier molecular flexibility index (Phi) is 11.2. The number of carbonyl (C=O) groups is 3. The molecule has 0 saturated heterocycles. The molecule has 0 aliphatic heterocycles. The summed E-state index contributed by atoms with van der Waals surface area (Å²) in [6.07, 6.45) is -0.151. The average Bonchev–Trinajstić information content (AvgIpc) is 2.66. The number of alkyl carbamates (subject to hydrolysis) is 1. The van der Waals surface area contributed by atoms with Crippen LogP contribution >= 0.6 is 0 Å². The molecular formula is C24H38N2O6. The number of amides is 1. The molecule has 1 amide bonds. The largest absolute Gasteiger partial charge is 0.460 e. The summed E-state index contributed by atoms with van der Waals surface area (Å²) in [6, 6.07) is 9.41. The van der Waals surface area contributed by atoms with Gasteiger partial charge in [0.1, 0.15) is 17.8 Å². The number of ether oxygens (including phenoxy) is 3. The van der Waals surface area contributed by atoms with Crippen LogP contribution in [-0.2, 0) is 30.4 Å². The molecule has 0 fully saturated rings. The monoisotopic (exact) mass is 450 g/mol. The van der Waals surface area contributed by atoms with Crippen molar-refractivity contribution < 1.29 is 28.6 Å². The van der Waals surface area contributed by atoms with E-state index in [1.165, 1.54) is 0 Å². The summed E-state index contributed by atoms with van der Waals surface area (Å²) in [5, 5.41) is 2.70. The second-order valence-corrected chi connectivity index (χ2v) is 9.50. The van der Waals surface area contributed by atoms with Crippen LogP contribution in [0.4, 0.5) is 4.79 Å². The van der Waals surface area contributed by atoms with Crippen LogP contribution in [0.5, 0.6) is 0 Å². The van der Waals surface area contributed by atoms with Gasteiger partial charge in [0.2, 0.25) is 0 Å². The molecule has 0 bridgehead atoms. The molecule has 0 aliphatic rings. The predicted octanol–water partition coefficient (Wildman–Crippen LogP) is 3.68. The van der Waals surface area contributed by atoms with Gasteiger partial charge in [-0.05, 0) is 47.1 Å². The maximum Gasteiger partial charge on any atom is 0.407 e. The van der Waals surface area contributed by atoms with Crippen molar-refractivity contribution in [3.8, 4) is 0 Å². The van der Waals surface area contributed by atoms with Gasteiger partial charge >= 0.3 is 18.0 Å². The molecule has 0 aliphatic carbocycles. The lowest BCUT2D eigenvalue weighted by Crippen LogP contribution is -2.38. The Labute approximate surface area is 191 Å². The molecule has 0 spiro atoms. The van der Waals surface area contributed by atoms with Gasteiger partial charge in [-0.1, -0.05) is 30.3 Å². The number of nitrogens with one attached hydrogen (secondary N) is 1. The smallest absolute Gasteiger partial charge is 0.407 e. The van der Waals surface area contributed by atoms with Crippen LogP contribution in [0.15, 0.2) is 30.3 Å². The fourth-order valence-corrected chi connectivity index (χ4v) is 2.71. The first-order valence-electron chi connectivity index (χ1n) is 10.9. The van der Waals surface area contributed by atoms with Gasteiger partial charge in [-0.15, -0.1) is 0 Å². The normalized spacial score (nSPS) is 11.7. The van der Waals surface area contributed by atoms with E-state index < -0.39 is 17.3 Å². The quantitative estimate of drug-likeness (QED) is 0.406. The van der Waals surface area contributed by atoms with Crippen molar-refractivity contribution >= 4 is 18.0 Å². The molecule has 0 saturated carbocycles. The predicted molar refractivity (Wildman–Crippen MR) is 122 cm³/mol.